The molecule has 2 aromatic carbocycles. The standard InChI is InChI=1S/C35H41ClN2O4/c1-23(22-42-31-13-18-37-29-11-6-12-30(41-2)32(29)31)19-25-20-24-7-3-4-10-28(24)34(25)14-16-35(17-15-34,33(39)40)38-27-9-5-8-26(36)21-27/h3-5,7-10,13,18,21,23,25,30,38H,6,11-12,14-17,19-20,22H2,1-2H3,(H,39,40)/t23-,25?,30-,34?,35?/m1/s1. The van der Waals surface area contributed by atoms with Gasteiger partial charge in [-0.15, -0.1) is 0 Å². The van der Waals surface area contributed by atoms with Gasteiger partial charge in [-0.25, -0.2) is 4.79 Å². The van der Waals surface area contributed by atoms with Crippen LogP contribution in [0.3, 0.4) is 0 Å². The molecule has 3 atom stereocenters. The minimum absolute atomic E-state index is 0.0310. The Morgan fingerprint density at radius 1 is 1.14 bits per heavy atom. The van der Waals surface area contributed by atoms with Gasteiger partial charge in [-0.1, -0.05) is 48.9 Å². The van der Waals surface area contributed by atoms with Crippen LogP contribution in [0.15, 0.2) is 60.8 Å². The van der Waals surface area contributed by atoms with Gasteiger partial charge in [0.2, 0.25) is 0 Å². The van der Waals surface area contributed by atoms with Gasteiger partial charge >= 0.3 is 5.97 Å². The van der Waals surface area contributed by atoms with E-state index in [1.54, 1.807) is 19.2 Å². The summed E-state index contributed by atoms with van der Waals surface area (Å²) in [6, 6.07) is 18.2. The molecule has 3 aliphatic carbocycles. The lowest BCUT2D eigenvalue weighted by atomic mass is 9.59. The quantitative estimate of drug-likeness (QED) is 0.266. The molecule has 1 aromatic heterocycles. The number of carboxylic acid groups (broad SMARTS) is 1. The third-order valence-electron chi connectivity index (χ3n) is 10.1. The van der Waals surface area contributed by atoms with Gasteiger partial charge in [0.05, 0.1) is 12.7 Å². The van der Waals surface area contributed by atoms with Gasteiger partial charge in [0, 0.05) is 35.3 Å². The number of methoxy groups -OCH3 is 1. The number of hydrogen-bond acceptors (Lipinski definition) is 5. The Morgan fingerprint density at radius 3 is 2.71 bits per heavy atom. The average Bonchev–Trinajstić information content (AvgIpc) is 3.29. The Labute approximate surface area is 253 Å². The van der Waals surface area contributed by atoms with E-state index in [-0.39, 0.29) is 11.5 Å². The van der Waals surface area contributed by atoms with Crippen molar-refractivity contribution in [3.63, 3.8) is 0 Å². The second kappa shape index (κ2) is 11.9. The van der Waals surface area contributed by atoms with Crippen molar-refractivity contribution in [2.45, 2.75) is 81.8 Å². The summed E-state index contributed by atoms with van der Waals surface area (Å²) in [4.78, 5) is 17.3. The van der Waals surface area contributed by atoms with Crippen molar-refractivity contribution in [1.29, 1.82) is 0 Å². The van der Waals surface area contributed by atoms with E-state index >= 15 is 0 Å². The molecular weight excluding hydrogens is 548 g/mol. The van der Waals surface area contributed by atoms with Crippen LogP contribution >= 0.6 is 11.6 Å². The molecule has 0 radical (unpaired) electrons. The molecule has 0 bridgehead atoms. The highest BCUT2D eigenvalue weighted by Gasteiger charge is 2.54. The van der Waals surface area contributed by atoms with E-state index in [2.05, 4.69) is 41.5 Å². The van der Waals surface area contributed by atoms with Crippen LogP contribution in [0.25, 0.3) is 0 Å². The van der Waals surface area contributed by atoms with Crippen molar-refractivity contribution < 1.29 is 19.4 Å². The van der Waals surface area contributed by atoms with Gasteiger partial charge in [-0.05, 0) is 110 Å². The van der Waals surface area contributed by atoms with E-state index in [0.29, 0.717) is 36.3 Å². The molecule has 1 spiro atoms. The van der Waals surface area contributed by atoms with E-state index in [1.165, 1.54) is 11.1 Å². The van der Waals surface area contributed by atoms with E-state index < -0.39 is 11.5 Å². The van der Waals surface area contributed by atoms with Gasteiger partial charge in [0.25, 0.3) is 0 Å². The Morgan fingerprint density at radius 2 is 1.95 bits per heavy atom. The van der Waals surface area contributed by atoms with Crippen LogP contribution in [-0.2, 0) is 27.8 Å². The molecule has 1 saturated carbocycles. The van der Waals surface area contributed by atoms with Crippen LogP contribution in [0, 0.1) is 11.8 Å². The number of hydrogen-bond donors (Lipinski definition) is 2. The maximum absolute atomic E-state index is 12.7. The van der Waals surface area contributed by atoms with Crippen LogP contribution in [0.4, 0.5) is 5.69 Å². The number of aromatic nitrogens is 1. The third-order valence-corrected chi connectivity index (χ3v) is 10.4. The second-order valence-corrected chi connectivity index (χ2v) is 13.1. The first-order valence-electron chi connectivity index (χ1n) is 15.3. The summed E-state index contributed by atoms with van der Waals surface area (Å²) in [6.07, 6.45) is 9.77. The number of benzene rings is 2. The summed E-state index contributed by atoms with van der Waals surface area (Å²) in [5, 5.41) is 14.4. The van der Waals surface area contributed by atoms with Crippen molar-refractivity contribution in [3.8, 4) is 5.75 Å². The highest BCUT2D eigenvalue weighted by Crippen LogP contribution is 2.56. The molecule has 0 aliphatic heterocycles. The van der Waals surface area contributed by atoms with Crippen LogP contribution < -0.4 is 10.1 Å². The lowest BCUT2D eigenvalue weighted by molar-refractivity contribution is -0.144. The number of aliphatic carboxylic acids is 1. The summed E-state index contributed by atoms with van der Waals surface area (Å²) < 4.78 is 12.3. The zero-order chi connectivity index (χ0) is 29.3. The smallest absolute Gasteiger partial charge is 0.329 e. The Balaban J connectivity index is 1.19. The molecule has 1 heterocycles. The predicted octanol–water partition coefficient (Wildman–Crippen LogP) is 7.78. The van der Waals surface area contributed by atoms with E-state index in [4.69, 9.17) is 21.1 Å². The number of carbonyl (C=O) groups is 1. The number of ether oxygens (including phenoxy) is 2. The molecule has 0 amide bonds. The summed E-state index contributed by atoms with van der Waals surface area (Å²) in [5.41, 5.74) is 4.75. The number of anilines is 1. The highest BCUT2D eigenvalue weighted by molar-refractivity contribution is 6.30. The number of aryl methyl sites for hydroxylation is 1. The molecule has 7 heteroatoms. The van der Waals surface area contributed by atoms with E-state index in [1.807, 2.05) is 24.4 Å². The molecule has 2 N–H and O–H groups in total. The largest absolute Gasteiger partial charge is 0.493 e. The summed E-state index contributed by atoms with van der Waals surface area (Å²) in [6.45, 7) is 2.91. The fourth-order valence-electron chi connectivity index (χ4n) is 8.00. The molecular formula is C35H41ClN2O4. The molecule has 1 unspecified atom stereocenters. The maximum atomic E-state index is 12.7. The fourth-order valence-corrected chi connectivity index (χ4v) is 8.19. The van der Waals surface area contributed by atoms with Gasteiger partial charge in [-0.2, -0.15) is 0 Å². The lowest BCUT2D eigenvalue weighted by Gasteiger charge is -2.47. The van der Waals surface area contributed by atoms with Gasteiger partial charge < -0.3 is 19.9 Å². The Bertz CT molecular complexity index is 1430. The molecule has 6 rings (SSSR count). The number of nitrogens with one attached hydrogen (secondary N) is 1. The zero-order valence-corrected chi connectivity index (χ0v) is 25.3. The number of pyridine rings is 1. The molecule has 1 fully saturated rings. The molecule has 3 aliphatic rings. The second-order valence-electron chi connectivity index (χ2n) is 12.7. The molecule has 3 aromatic rings. The summed E-state index contributed by atoms with van der Waals surface area (Å²) >= 11 is 6.22. The van der Waals surface area contributed by atoms with Crippen LogP contribution in [0.5, 0.6) is 5.75 Å². The first-order valence-corrected chi connectivity index (χ1v) is 15.7. The van der Waals surface area contributed by atoms with Crippen molar-refractivity contribution in [2.24, 2.45) is 11.8 Å². The van der Waals surface area contributed by atoms with Crippen molar-refractivity contribution >= 4 is 23.3 Å². The maximum Gasteiger partial charge on any atom is 0.329 e. The fraction of sp³-hybridized carbons (Fsp3) is 0.486. The normalized spacial score (nSPS) is 27.2. The van der Waals surface area contributed by atoms with E-state index in [9.17, 15) is 9.90 Å². The minimum Gasteiger partial charge on any atom is -0.493 e. The van der Waals surface area contributed by atoms with Crippen molar-refractivity contribution in [1.82, 2.24) is 4.98 Å². The van der Waals surface area contributed by atoms with Crippen LogP contribution in [-0.4, -0.2) is 35.3 Å². The Kier molecular flexibility index (Phi) is 8.21. The minimum atomic E-state index is -1.01. The molecule has 6 nitrogen and oxygen atoms in total. The van der Waals surface area contributed by atoms with Gasteiger partial charge in [-0.3, -0.25) is 4.98 Å². The summed E-state index contributed by atoms with van der Waals surface area (Å²) in [7, 11) is 1.77. The topological polar surface area (TPSA) is 80.7 Å². The number of carboxylic acids is 1. The SMILES string of the molecule is CO[C@@H]1CCCc2nccc(OC[C@H](C)CC3Cc4ccccc4C34CCC(Nc3cccc(Cl)c3)(C(=O)O)CC4)c21. The highest BCUT2D eigenvalue weighted by atomic mass is 35.5. The molecule has 42 heavy (non-hydrogen) atoms. The predicted molar refractivity (Wildman–Crippen MR) is 165 cm³/mol. The van der Waals surface area contributed by atoms with Gasteiger partial charge in [0.1, 0.15) is 11.3 Å². The molecule has 0 saturated heterocycles. The first kappa shape index (κ1) is 29.0. The van der Waals surface area contributed by atoms with Crippen molar-refractivity contribution in [2.75, 3.05) is 19.0 Å². The zero-order valence-electron chi connectivity index (χ0n) is 24.6. The number of halogens is 1. The Hall–Kier alpha value is -3.09. The lowest BCUT2D eigenvalue weighted by Crippen LogP contribution is -2.53. The van der Waals surface area contributed by atoms with Gasteiger partial charge in [0.15, 0.2) is 0 Å². The third kappa shape index (κ3) is 5.40. The molecule has 222 valence electrons. The number of nitrogens with zero attached hydrogens (tertiary/aromatic N) is 1. The number of rotatable bonds is 9. The summed E-state index contributed by atoms with van der Waals surface area (Å²) in [5.74, 6) is 0.880. The van der Waals surface area contributed by atoms with Crippen LogP contribution in [0.2, 0.25) is 5.02 Å². The van der Waals surface area contributed by atoms with Crippen molar-refractivity contribution in [3.05, 3.63) is 88.2 Å². The number of fused-ring (bicyclic) bond motifs is 3. The first-order chi connectivity index (χ1) is 20.3. The van der Waals surface area contributed by atoms with E-state index in [0.717, 1.165) is 67.6 Å². The monoisotopic (exact) mass is 588 g/mol. The van der Waals surface area contributed by atoms with Crippen LogP contribution in [0.1, 0.15) is 80.4 Å². The average molecular weight is 589 g/mol.